The van der Waals surface area contributed by atoms with Gasteiger partial charge in [0.15, 0.2) is 0 Å². The number of hydrogen-bond acceptors (Lipinski definition) is 5. The highest BCUT2D eigenvalue weighted by molar-refractivity contribution is 5.88. The van der Waals surface area contributed by atoms with Crippen LogP contribution in [-0.2, 0) is 11.8 Å². The number of aromatic amines is 1. The second-order valence-electron chi connectivity index (χ2n) is 4.87. The Morgan fingerprint density at radius 1 is 1.50 bits per heavy atom. The predicted molar refractivity (Wildman–Crippen MR) is 82.3 cm³/mol. The van der Waals surface area contributed by atoms with E-state index >= 15 is 0 Å². The average molecular weight is 302 g/mol. The van der Waals surface area contributed by atoms with Crippen LogP contribution in [0.4, 0.5) is 0 Å². The van der Waals surface area contributed by atoms with E-state index in [1.165, 1.54) is 6.20 Å². The van der Waals surface area contributed by atoms with Gasteiger partial charge in [0.2, 0.25) is 0 Å². The number of aryl methyl sites for hydroxylation is 2. The Kier molecular flexibility index (Phi) is 4.55. The van der Waals surface area contributed by atoms with Crippen molar-refractivity contribution in [3.63, 3.8) is 0 Å². The number of rotatable bonds is 4. The van der Waals surface area contributed by atoms with Gasteiger partial charge in [-0.25, -0.2) is 9.78 Å². The van der Waals surface area contributed by atoms with Crippen molar-refractivity contribution in [1.82, 2.24) is 19.7 Å². The fourth-order valence-electron chi connectivity index (χ4n) is 2.01. The van der Waals surface area contributed by atoms with Crippen molar-refractivity contribution >= 4 is 17.6 Å². The molecule has 2 aromatic rings. The second kappa shape index (κ2) is 6.38. The van der Waals surface area contributed by atoms with Crippen molar-refractivity contribution in [3.8, 4) is 0 Å². The second-order valence-corrected chi connectivity index (χ2v) is 4.87. The Morgan fingerprint density at radius 3 is 2.77 bits per heavy atom. The molecule has 0 aliphatic heterocycles. The number of H-pyrrole nitrogens is 1. The number of ether oxygens (including phenoxy) is 1. The summed E-state index contributed by atoms with van der Waals surface area (Å²) in [5.41, 5.74) is 1.98. The number of carbonyl (C=O) groups is 1. The number of esters is 1. The van der Waals surface area contributed by atoms with Gasteiger partial charge in [0.05, 0.1) is 12.3 Å². The summed E-state index contributed by atoms with van der Waals surface area (Å²) in [4.78, 5) is 30.2. The van der Waals surface area contributed by atoms with E-state index in [1.54, 1.807) is 11.6 Å². The first-order valence-corrected chi connectivity index (χ1v) is 6.87. The van der Waals surface area contributed by atoms with Gasteiger partial charge < -0.3 is 9.72 Å². The average Bonchev–Trinajstić information content (AvgIpc) is 2.76. The van der Waals surface area contributed by atoms with Crippen LogP contribution in [0.3, 0.4) is 0 Å². The highest BCUT2D eigenvalue weighted by Gasteiger charge is 2.13. The van der Waals surface area contributed by atoms with E-state index in [0.29, 0.717) is 5.82 Å². The molecular weight excluding hydrogens is 284 g/mol. The molecule has 116 valence electrons. The number of carbonyl (C=O) groups excluding carboxylic acids is 1. The van der Waals surface area contributed by atoms with Gasteiger partial charge >= 0.3 is 5.97 Å². The van der Waals surface area contributed by atoms with Gasteiger partial charge in [0.1, 0.15) is 11.4 Å². The minimum absolute atomic E-state index is 0.101. The number of nitrogens with zero attached hydrogens (tertiary/aromatic N) is 3. The van der Waals surface area contributed by atoms with Crippen LogP contribution in [0.2, 0.25) is 0 Å². The SMILES string of the molecule is CCOC(=O)c1cnc(/C(C)=C\c2cn(C)nc2C)[nH]c1=O. The number of allylic oxidation sites excluding steroid dienone is 1. The zero-order chi connectivity index (χ0) is 16.3. The molecule has 22 heavy (non-hydrogen) atoms. The van der Waals surface area contributed by atoms with E-state index in [2.05, 4.69) is 15.1 Å². The highest BCUT2D eigenvalue weighted by atomic mass is 16.5. The molecule has 2 aromatic heterocycles. The van der Waals surface area contributed by atoms with Gasteiger partial charge in [0, 0.05) is 25.0 Å². The molecule has 0 saturated carbocycles. The first kappa shape index (κ1) is 15.7. The summed E-state index contributed by atoms with van der Waals surface area (Å²) in [6, 6.07) is 0. The standard InChI is InChI=1S/C15H18N4O3/c1-5-22-15(21)12-7-16-13(17-14(12)20)9(2)6-11-8-19(4)18-10(11)3/h6-8H,5H2,1-4H3,(H,16,17,20)/b9-6-. The molecule has 0 saturated heterocycles. The summed E-state index contributed by atoms with van der Waals surface area (Å²) < 4.78 is 6.52. The van der Waals surface area contributed by atoms with E-state index < -0.39 is 11.5 Å². The zero-order valence-corrected chi connectivity index (χ0v) is 13.0. The Bertz CT molecular complexity index is 786. The molecule has 0 unspecified atom stereocenters. The summed E-state index contributed by atoms with van der Waals surface area (Å²) in [7, 11) is 1.84. The Morgan fingerprint density at radius 2 is 2.23 bits per heavy atom. The molecular formula is C15H18N4O3. The topological polar surface area (TPSA) is 89.9 Å². The predicted octanol–water partition coefficient (Wildman–Crippen LogP) is 1.55. The molecule has 0 radical (unpaired) electrons. The third-order valence-corrected chi connectivity index (χ3v) is 3.09. The van der Waals surface area contributed by atoms with E-state index in [0.717, 1.165) is 16.8 Å². The Balaban J connectivity index is 2.33. The molecule has 0 amide bonds. The monoisotopic (exact) mass is 302 g/mol. The van der Waals surface area contributed by atoms with Crippen LogP contribution in [0.25, 0.3) is 11.6 Å². The first-order chi connectivity index (χ1) is 10.4. The summed E-state index contributed by atoms with van der Waals surface area (Å²) in [5, 5.41) is 4.25. The smallest absolute Gasteiger partial charge is 0.345 e. The molecule has 0 aliphatic rings. The lowest BCUT2D eigenvalue weighted by Gasteiger charge is -2.03. The number of aromatic nitrogens is 4. The minimum Gasteiger partial charge on any atom is -0.462 e. The van der Waals surface area contributed by atoms with Crippen LogP contribution in [0.15, 0.2) is 17.2 Å². The molecule has 0 aromatic carbocycles. The third-order valence-electron chi connectivity index (χ3n) is 3.09. The molecule has 0 fully saturated rings. The Labute approximate surface area is 127 Å². The van der Waals surface area contributed by atoms with Crippen molar-refractivity contribution in [2.24, 2.45) is 7.05 Å². The van der Waals surface area contributed by atoms with Crippen molar-refractivity contribution in [2.75, 3.05) is 6.61 Å². The van der Waals surface area contributed by atoms with Crippen LogP contribution >= 0.6 is 0 Å². The van der Waals surface area contributed by atoms with Gasteiger partial charge in [-0.15, -0.1) is 0 Å². The largest absolute Gasteiger partial charge is 0.462 e. The summed E-state index contributed by atoms with van der Waals surface area (Å²) >= 11 is 0. The van der Waals surface area contributed by atoms with E-state index in [9.17, 15) is 9.59 Å². The molecule has 1 N–H and O–H groups in total. The zero-order valence-electron chi connectivity index (χ0n) is 13.0. The molecule has 7 nitrogen and oxygen atoms in total. The summed E-state index contributed by atoms with van der Waals surface area (Å²) in [5.74, 6) is -0.270. The van der Waals surface area contributed by atoms with E-state index in [1.807, 2.05) is 33.2 Å². The summed E-state index contributed by atoms with van der Waals surface area (Å²) in [6.07, 6.45) is 4.99. The van der Waals surface area contributed by atoms with Gasteiger partial charge in [-0.05, 0) is 32.4 Å². The van der Waals surface area contributed by atoms with Gasteiger partial charge in [-0.2, -0.15) is 5.10 Å². The lowest BCUT2D eigenvalue weighted by molar-refractivity contribution is 0.0523. The van der Waals surface area contributed by atoms with Crippen LogP contribution in [-0.4, -0.2) is 32.3 Å². The minimum atomic E-state index is -0.674. The van der Waals surface area contributed by atoms with Gasteiger partial charge in [0.25, 0.3) is 5.56 Å². The maximum Gasteiger partial charge on any atom is 0.345 e. The third kappa shape index (κ3) is 3.30. The van der Waals surface area contributed by atoms with Crippen molar-refractivity contribution < 1.29 is 9.53 Å². The number of nitrogens with one attached hydrogen (secondary N) is 1. The lowest BCUT2D eigenvalue weighted by atomic mass is 10.1. The number of hydrogen-bond donors (Lipinski definition) is 1. The van der Waals surface area contributed by atoms with E-state index in [4.69, 9.17) is 4.74 Å². The fourth-order valence-corrected chi connectivity index (χ4v) is 2.01. The maximum atomic E-state index is 11.9. The quantitative estimate of drug-likeness (QED) is 0.865. The van der Waals surface area contributed by atoms with Crippen LogP contribution < -0.4 is 5.56 Å². The molecule has 0 spiro atoms. The van der Waals surface area contributed by atoms with Crippen molar-refractivity contribution in [1.29, 1.82) is 0 Å². The normalized spacial score (nSPS) is 11.5. The van der Waals surface area contributed by atoms with Crippen LogP contribution in [0.1, 0.15) is 41.3 Å². The molecule has 7 heteroatoms. The molecule has 0 bridgehead atoms. The first-order valence-electron chi connectivity index (χ1n) is 6.87. The maximum absolute atomic E-state index is 11.9. The fraction of sp³-hybridized carbons (Fsp3) is 0.333. The van der Waals surface area contributed by atoms with Crippen molar-refractivity contribution in [2.45, 2.75) is 20.8 Å². The van der Waals surface area contributed by atoms with Gasteiger partial charge in [-0.1, -0.05) is 0 Å². The molecule has 2 rings (SSSR count). The van der Waals surface area contributed by atoms with Crippen LogP contribution in [0.5, 0.6) is 0 Å². The van der Waals surface area contributed by atoms with E-state index in [-0.39, 0.29) is 12.2 Å². The van der Waals surface area contributed by atoms with Gasteiger partial charge in [-0.3, -0.25) is 9.48 Å². The molecule has 0 atom stereocenters. The highest BCUT2D eigenvalue weighted by Crippen LogP contribution is 2.15. The summed E-state index contributed by atoms with van der Waals surface area (Å²) in [6.45, 7) is 5.62. The Hall–Kier alpha value is -2.70. The van der Waals surface area contributed by atoms with Crippen LogP contribution in [0, 0.1) is 6.92 Å². The van der Waals surface area contributed by atoms with Crippen molar-refractivity contribution in [3.05, 3.63) is 45.4 Å². The lowest BCUT2D eigenvalue weighted by Crippen LogP contribution is -2.21. The molecule has 2 heterocycles. The molecule has 0 aliphatic carbocycles.